The molecule has 1 unspecified atom stereocenters. The van der Waals surface area contributed by atoms with Crippen LogP contribution in [0.15, 0.2) is 67.0 Å². The number of carbonyl (C=O) groups is 2. The highest BCUT2D eigenvalue weighted by molar-refractivity contribution is 5.97. The fraction of sp³-hybridized carbons (Fsp3) is 0.240. The summed E-state index contributed by atoms with van der Waals surface area (Å²) in [5.41, 5.74) is 2.49. The van der Waals surface area contributed by atoms with Crippen LogP contribution in [0.3, 0.4) is 0 Å². The van der Waals surface area contributed by atoms with Crippen LogP contribution >= 0.6 is 0 Å². The van der Waals surface area contributed by atoms with Crippen molar-refractivity contribution in [1.82, 2.24) is 9.88 Å². The molecule has 1 fully saturated rings. The Bertz CT molecular complexity index is 1170. The predicted octanol–water partition coefficient (Wildman–Crippen LogP) is 4.93. The molecule has 0 aliphatic carbocycles. The normalized spacial score (nSPS) is 17.5. The van der Waals surface area contributed by atoms with Gasteiger partial charge in [0.15, 0.2) is 0 Å². The highest BCUT2D eigenvalue weighted by Crippen LogP contribution is 2.32. The number of likely N-dealkylation sites (tertiary alicyclic amines) is 1. The molecule has 2 amide bonds. The lowest BCUT2D eigenvalue weighted by Gasteiger charge is -2.37. The van der Waals surface area contributed by atoms with Gasteiger partial charge in [-0.1, -0.05) is 17.7 Å². The monoisotopic (exact) mass is 453 g/mol. The number of piperidine rings is 1. The second kappa shape index (κ2) is 9.05. The molecule has 5 nitrogen and oxygen atoms in total. The molecule has 8 heteroatoms. The number of aryl methyl sites for hydroxylation is 1. The summed E-state index contributed by atoms with van der Waals surface area (Å²) in [5, 5.41) is 2.64. The van der Waals surface area contributed by atoms with E-state index < -0.39 is 42.4 Å². The number of rotatable bonds is 4. The molecule has 1 N–H and O–H groups in total. The van der Waals surface area contributed by atoms with Crippen LogP contribution in [0, 0.1) is 18.7 Å². The number of pyridine rings is 1. The number of nitrogens with one attached hydrogen (secondary N) is 1. The molecular formula is C25H22F3N3O2. The Kier molecular flexibility index (Phi) is 6.18. The number of alkyl halides is 2. The van der Waals surface area contributed by atoms with Crippen LogP contribution in [0.1, 0.15) is 22.3 Å². The van der Waals surface area contributed by atoms with Crippen molar-refractivity contribution in [2.24, 2.45) is 5.92 Å². The first-order valence-electron chi connectivity index (χ1n) is 10.5. The Labute approximate surface area is 189 Å². The minimum atomic E-state index is -3.25. The lowest BCUT2D eigenvalue weighted by atomic mass is 9.93. The summed E-state index contributed by atoms with van der Waals surface area (Å²) in [5.74, 6) is -6.35. The lowest BCUT2D eigenvalue weighted by molar-refractivity contribution is -0.130. The standard InChI is InChI=1S/C25H22F3N3O2/c1-16-2-4-22(5-3-16)30-23(32)20-13-25(27,28)15-31(14-20)24(33)19-10-18(11-21(26)12-19)17-6-8-29-9-7-17/h2-12,20H,13-15H2,1H3,(H,30,32). The summed E-state index contributed by atoms with van der Waals surface area (Å²) in [6.07, 6.45) is 2.40. The maximum atomic E-state index is 14.5. The van der Waals surface area contributed by atoms with Crippen LogP contribution in [0.2, 0.25) is 0 Å². The third-order valence-electron chi connectivity index (χ3n) is 5.54. The van der Waals surface area contributed by atoms with Gasteiger partial charge >= 0.3 is 0 Å². The summed E-state index contributed by atoms with van der Waals surface area (Å²) in [6.45, 7) is 0.873. The van der Waals surface area contributed by atoms with Crippen molar-refractivity contribution in [2.45, 2.75) is 19.3 Å². The second-order valence-electron chi connectivity index (χ2n) is 8.26. The number of benzene rings is 2. The molecule has 0 saturated carbocycles. The molecule has 0 bridgehead atoms. The van der Waals surface area contributed by atoms with E-state index in [1.54, 1.807) is 36.4 Å². The van der Waals surface area contributed by atoms with Gasteiger partial charge in [-0.05, 0) is 60.5 Å². The Morgan fingerprint density at radius 3 is 2.42 bits per heavy atom. The zero-order chi connectivity index (χ0) is 23.6. The number of nitrogens with zero attached hydrogens (tertiary/aromatic N) is 2. The van der Waals surface area contributed by atoms with Crippen LogP contribution in [-0.2, 0) is 4.79 Å². The molecule has 3 aromatic rings. The average Bonchev–Trinajstić information content (AvgIpc) is 2.79. The first kappa shape index (κ1) is 22.5. The van der Waals surface area contributed by atoms with E-state index in [2.05, 4.69) is 10.3 Å². The molecule has 2 aromatic carbocycles. The van der Waals surface area contributed by atoms with Crippen LogP contribution in [-0.4, -0.2) is 40.7 Å². The summed E-state index contributed by atoms with van der Waals surface area (Å²) >= 11 is 0. The number of halogens is 3. The summed E-state index contributed by atoms with van der Waals surface area (Å²) in [7, 11) is 0. The lowest BCUT2D eigenvalue weighted by Crippen LogP contribution is -2.52. The summed E-state index contributed by atoms with van der Waals surface area (Å²) < 4.78 is 43.3. The van der Waals surface area contributed by atoms with Gasteiger partial charge in [0.1, 0.15) is 5.82 Å². The maximum absolute atomic E-state index is 14.5. The Hall–Kier alpha value is -3.68. The van der Waals surface area contributed by atoms with Gasteiger partial charge in [0.2, 0.25) is 5.91 Å². The first-order valence-corrected chi connectivity index (χ1v) is 10.5. The van der Waals surface area contributed by atoms with Gasteiger partial charge in [-0.25, -0.2) is 13.2 Å². The SMILES string of the molecule is Cc1ccc(NC(=O)C2CN(C(=O)c3cc(F)cc(-c4ccncc4)c3)CC(F)(F)C2)cc1. The maximum Gasteiger partial charge on any atom is 0.266 e. The zero-order valence-electron chi connectivity index (χ0n) is 17.9. The van der Waals surface area contributed by atoms with Crippen molar-refractivity contribution in [3.05, 3.63) is 83.9 Å². The van der Waals surface area contributed by atoms with Crippen molar-refractivity contribution >= 4 is 17.5 Å². The van der Waals surface area contributed by atoms with E-state index in [1.807, 2.05) is 6.92 Å². The summed E-state index contributed by atoms with van der Waals surface area (Å²) in [6, 6.07) is 14.0. The molecule has 4 rings (SSSR count). The minimum absolute atomic E-state index is 0.0581. The largest absolute Gasteiger partial charge is 0.332 e. The van der Waals surface area contributed by atoms with Crippen LogP contribution in [0.5, 0.6) is 0 Å². The number of aromatic nitrogens is 1. The predicted molar refractivity (Wildman–Crippen MR) is 118 cm³/mol. The van der Waals surface area contributed by atoms with Crippen LogP contribution in [0.4, 0.5) is 18.9 Å². The third kappa shape index (κ3) is 5.39. The zero-order valence-corrected chi connectivity index (χ0v) is 17.9. The van der Waals surface area contributed by atoms with E-state index in [-0.39, 0.29) is 12.1 Å². The van der Waals surface area contributed by atoms with Crippen molar-refractivity contribution in [2.75, 3.05) is 18.4 Å². The number of hydrogen-bond donors (Lipinski definition) is 1. The van der Waals surface area contributed by atoms with Crippen molar-refractivity contribution in [1.29, 1.82) is 0 Å². The summed E-state index contributed by atoms with van der Waals surface area (Å²) in [4.78, 5) is 30.6. The van der Waals surface area contributed by atoms with Gasteiger partial charge in [-0.2, -0.15) is 0 Å². The van der Waals surface area contributed by atoms with Gasteiger partial charge in [-0.15, -0.1) is 0 Å². The van der Waals surface area contributed by atoms with Gasteiger partial charge < -0.3 is 10.2 Å². The van der Waals surface area contributed by atoms with Gasteiger partial charge in [0.05, 0.1) is 12.5 Å². The smallest absolute Gasteiger partial charge is 0.266 e. The second-order valence-corrected chi connectivity index (χ2v) is 8.26. The number of amides is 2. The Balaban J connectivity index is 1.55. The van der Waals surface area contributed by atoms with E-state index in [4.69, 9.17) is 0 Å². The number of carbonyl (C=O) groups excluding carboxylic acids is 2. The van der Waals surface area contributed by atoms with E-state index in [1.165, 1.54) is 24.5 Å². The molecule has 1 aliphatic rings. The molecular weight excluding hydrogens is 431 g/mol. The van der Waals surface area contributed by atoms with Crippen molar-refractivity contribution < 1.29 is 22.8 Å². The Morgan fingerprint density at radius 2 is 1.73 bits per heavy atom. The Morgan fingerprint density at radius 1 is 1.03 bits per heavy atom. The van der Waals surface area contributed by atoms with E-state index in [0.717, 1.165) is 16.5 Å². The van der Waals surface area contributed by atoms with Gasteiger partial charge in [-0.3, -0.25) is 14.6 Å². The topological polar surface area (TPSA) is 62.3 Å². The number of hydrogen-bond acceptors (Lipinski definition) is 3. The quantitative estimate of drug-likeness (QED) is 0.609. The van der Waals surface area contributed by atoms with Crippen molar-refractivity contribution in [3.63, 3.8) is 0 Å². The van der Waals surface area contributed by atoms with Gasteiger partial charge in [0.25, 0.3) is 11.8 Å². The fourth-order valence-corrected chi connectivity index (χ4v) is 3.92. The molecule has 1 saturated heterocycles. The van der Waals surface area contributed by atoms with E-state index in [9.17, 15) is 22.8 Å². The van der Waals surface area contributed by atoms with E-state index >= 15 is 0 Å². The molecule has 2 heterocycles. The molecule has 0 radical (unpaired) electrons. The highest BCUT2D eigenvalue weighted by Gasteiger charge is 2.44. The van der Waals surface area contributed by atoms with E-state index in [0.29, 0.717) is 16.8 Å². The van der Waals surface area contributed by atoms with Gasteiger partial charge in [0, 0.05) is 36.6 Å². The third-order valence-corrected chi connectivity index (χ3v) is 5.54. The molecule has 1 aromatic heterocycles. The molecule has 170 valence electrons. The first-order chi connectivity index (χ1) is 15.7. The molecule has 33 heavy (non-hydrogen) atoms. The number of anilines is 1. The molecule has 0 spiro atoms. The van der Waals surface area contributed by atoms with Crippen LogP contribution in [0.25, 0.3) is 11.1 Å². The highest BCUT2D eigenvalue weighted by atomic mass is 19.3. The van der Waals surface area contributed by atoms with Crippen molar-refractivity contribution in [3.8, 4) is 11.1 Å². The minimum Gasteiger partial charge on any atom is -0.332 e. The molecule has 1 atom stereocenters. The molecule has 1 aliphatic heterocycles. The average molecular weight is 453 g/mol. The fourth-order valence-electron chi connectivity index (χ4n) is 3.92. The van der Waals surface area contributed by atoms with Crippen LogP contribution < -0.4 is 5.32 Å².